The first-order valence-corrected chi connectivity index (χ1v) is 9.13. The maximum Gasteiger partial charge on any atom is 0.309 e. The number of hydrogen-bond donors (Lipinski definition) is 2. The molecule has 0 saturated carbocycles. The van der Waals surface area contributed by atoms with Crippen LogP contribution in [0.15, 0.2) is 52.4 Å². The second-order valence-corrected chi connectivity index (χ2v) is 6.95. The Kier molecular flexibility index (Phi) is 5.70. The molecule has 0 bridgehead atoms. The Morgan fingerprint density at radius 1 is 1.37 bits per heavy atom. The molecule has 0 radical (unpaired) electrons. The number of H-pyrrole nitrogens is 1. The van der Waals surface area contributed by atoms with E-state index in [2.05, 4.69) is 15.3 Å². The smallest absolute Gasteiger partial charge is 0.309 e. The van der Waals surface area contributed by atoms with Crippen LogP contribution >= 0.6 is 11.8 Å². The van der Waals surface area contributed by atoms with Gasteiger partial charge in [0.15, 0.2) is 0 Å². The number of nitrogens with zero attached hydrogens (tertiary/aromatic N) is 3. The Morgan fingerprint density at radius 3 is 2.74 bits per heavy atom. The highest BCUT2D eigenvalue weighted by Crippen LogP contribution is 2.25. The van der Waals surface area contributed by atoms with Crippen molar-refractivity contribution in [3.63, 3.8) is 0 Å². The van der Waals surface area contributed by atoms with Crippen LogP contribution in [-0.2, 0) is 17.0 Å². The third-order valence-electron chi connectivity index (χ3n) is 3.99. The second kappa shape index (κ2) is 8.17. The van der Waals surface area contributed by atoms with Gasteiger partial charge < -0.3 is 5.11 Å². The number of carboxylic acid groups (broad SMARTS) is 1. The summed E-state index contributed by atoms with van der Waals surface area (Å²) in [5.74, 6) is -0.893. The zero-order valence-electron chi connectivity index (χ0n) is 14.4. The fourth-order valence-corrected chi connectivity index (χ4v) is 3.51. The zero-order valence-corrected chi connectivity index (χ0v) is 15.2. The van der Waals surface area contributed by atoms with E-state index in [-0.39, 0.29) is 23.8 Å². The van der Waals surface area contributed by atoms with E-state index in [9.17, 15) is 19.1 Å². The molecule has 2 heterocycles. The molecule has 1 unspecified atom stereocenters. The maximum atomic E-state index is 13.0. The van der Waals surface area contributed by atoms with E-state index in [1.807, 2.05) is 0 Å². The minimum Gasteiger partial charge on any atom is -0.481 e. The van der Waals surface area contributed by atoms with Crippen LogP contribution in [0, 0.1) is 5.82 Å². The second-order valence-electron chi connectivity index (χ2n) is 5.93. The number of halogens is 1. The first kappa shape index (κ1) is 18.8. The Hall–Kier alpha value is -2.94. The summed E-state index contributed by atoms with van der Waals surface area (Å²) in [5, 5.41) is 20.0. The Balaban J connectivity index is 1.90. The molecule has 0 aliphatic carbocycles. The molecular formula is C18H17FN4O3S. The fourth-order valence-electron chi connectivity index (χ4n) is 2.53. The number of aromatic amines is 1. The average Bonchev–Trinajstić information content (AvgIpc) is 3.16. The molecule has 140 valence electrons. The van der Waals surface area contributed by atoms with Crippen molar-refractivity contribution in [2.24, 2.45) is 0 Å². The van der Waals surface area contributed by atoms with Gasteiger partial charge in [-0.1, -0.05) is 12.1 Å². The molecule has 2 aromatic heterocycles. The Morgan fingerprint density at radius 2 is 2.11 bits per heavy atom. The number of carboxylic acids is 1. The molecule has 0 aliphatic heterocycles. The fraction of sp³-hybridized carbons (Fsp3) is 0.222. The highest BCUT2D eigenvalue weighted by molar-refractivity contribution is 7.98. The van der Waals surface area contributed by atoms with Gasteiger partial charge in [0.2, 0.25) is 0 Å². The standard InChI is InChI=1S/C18H17FN4O3S/c1-11(13-8-20-21-9-13)23-17(24)7-16(15(22-23)6-18(25)26)27-10-12-2-4-14(19)5-3-12/h2-5,7-9,11H,6,10H2,1H3,(H,20,21)(H,25,26). The van der Waals surface area contributed by atoms with E-state index in [1.54, 1.807) is 31.5 Å². The van der Waals surface area contributed by atoms with Gasteiger partial charge in [-0.15, -0.1) is 11.8 Å². The minimum atomic E-state index is -1.03. The number of thioether (sulfide) groups is 1. The monoisotopic (exact) mass is 388 g/mol. The summed E-state index contributed by atoms with van der Waals surface area (Å²) < 4.78 is 14.3. The maximum absolute atomic E-state index is 13.0. The predicted octanol–water partition coefficient (Wildman–Crippen LogP) is 2.63. The van der Waals surface area contributed by atoms with Crippen LogP contribution in [0.4, 0.5) is 4.39 Å². The molecule has 0 amide bonds. The van der Waals surface area contributed by atoms with Gasteiger partial charge in [0, 0.05) is 28.5 Å². The summed E-state index contributed by atoms with van der Waals surface area (Å²) in [5.41, 5.74) is 1.60. The number of hydrogen-bond acceptors (Lipinski definition) is 5. The van der Waals surface area contributed by atoms with Gasteiger partial charge in [0.05, 0.1) is 24.4 Å². The number of aliphatic carboxylic acids is 1. The van der Waals surface area contributed by atoms with Crippen LogP contribution < -0.4 is 5.56 Å². The van der Waals surface area contributed by atoms with Gasteiger partial charge in [0.1, 0.15) is 5.82 Å². The number of carbonyl (C=O) groups is 1. The topological polar surface area (TPSA) is 101 Å². The van der Waals surface area contributed by atoms with Crippen LogP contribution in [0.1, 0.15) is 29.8 Å². The molecule has 0 saturated heterocycles. The Bertz CT molecular complexity index is 987. The van der Waals surface area contributed by atoms with Crippen LogP contribution in [-0.4, -0.2) is 31.1 Å². The van der Waals surface area contributed by atoms with Crippen LogP contribution in [0.25, 0.3) is 0 Å². The van der Waals surface area contributed by atoms with Gasteiger partial charge in [-0.25, -0.2) is 9.07 Å². The third kappa shape index (κ3) is 4.62. The van der Waals surface area contributed by atoms with Gasteiger partial charge in [-0.3, -0.25) is 14.7 Å². The lowest BCUT2D eigenvalue weighted by Crippen LogP contribution is -2.28. The van der Waals surface area contributed by atoms with Gasteiger partial charge in [-0.05, 0) is 24.6 Å². The molecule has 3 rings (SSSR count). The molecule has 2 N–H and O–H groups in total. The average molecular weight is 388 g/mol. The summed E-state index contributed by atoms with van der Waals surface area (Å²) in [7, 11) is 0. The number of benzene rings is 1. The summed E-state index contributed by atoms with van der Waals surface area (Å²) >= 11 is 1.30. The highest BCUT2D eigenvalue weighted by atomic mass is 32.2. The van der Waals surface area contributed by atoms with Crippen molar-refractivity contribution in [3.8, 4) is 0 Å². The quantitative estimate of drug-likeness (QED) is 0.604. The normalized spacial score (nSPS) is 12.1. The van der Waals surface area contributed by atoms with Crippen molar-refractivity contribution < 1.29 is 14.3 Å². The van der Waals surface area contributed by atoms with E-state index < -0.39 is 5.97 Å². The van der Waals surface area contributed by atoms with E-state index in [0.717, 1.165) is 11.1 Å². The minimum absolute atomic E-state index is 0.301. The predicted molar refractivity (Wildman–Crippen MR) is 98.2 cm³/mol. The van der Waals surface area contributed by atoms with E-state index in [4.69, 9.17) is 0 Å². The molecular weight excluding hydrogens is 371 g/mol. The number of nitrogens with one attached hydrogen (secondary N) is 1. The Labute approximate surface area is 158 Å². The van der Waals surface area contributed by atoms with Gasteiger partial charge in [0.25, 0.3) is 5.56 Å². The van der Waals surface area contributed by atoms with Crippen molar-refractivity contribution in [1.82, 2.24) is 20.0 Å². The van der Waals surface area contributed by atoms with Crippen molar-refractivity contribution in [3.05, 3.63) is 75.7 Å². The summed E-state index contributed by atoms with van der Waals surface area (Å²) in [6, 6.07) is 7.02. The molecule has 9 heteroatoms. The van der Waals surface area contributed by atoms with Crippen LogP contribution in [0.3, 0.4) is 0 Å². The van der Waals surface area contributed by atoms with E-state index in [0.29, 0.717) is 16.3 Å². The summed E-state index contributed by atoms with van der Waals surface area (Å²) in [4.78, 5) is 24.3. The third-order valence-corrected chi connectivity index (χ3v) is 5.13. The first-order chi connectivity index (χ1) is 12.9. The van der Waals surface area contributed by atoms with Crippen LogP contribution in [0.2, 0.25) is 0 Å². The highest BCUT2D eigenvalue weighted by Gasteiger charge is 2.17. The van der Waals surface area contributed by atoms with Crippen molar-refractivity contribution >= 4 is 17.7 Å². The van der Waals surface area contributed by atoms with Gasteiger partial charge >= 0.3 is 5.97 Å². The van der Waals surface area contributed by atoms with Crippen molar-refractivity contribution in [1.29, 1.82) is 0 Å². The first-order valence-electron chi connectivity index (χ1n) is 8.14. The molecule has 0 fully saturated rings. The molecule has 3 aromatic rings. The van der Waals surface area contributed by atoms with Crippen LogP contribution in [0.5, 0.6) is 0 Å². The van der Waals surface area contributed by atoms with Crippen molar-refractivity contribution in [2.45, 2.75) is 30.0 Å². The molecule has 0 spiro atoms. The molecule has 27 heavy (non-hydrogen) atoms. The molecule has 1 atom stereocenters. The number of rotatable bonds is 7. The van der Waals surface area contributed by atoms with Gasteiger partial charge in [-0.2, -0.15) is 10.2 Å². The summed E-state index contributed by atoms with van der Waals surface area (Å²) in [6.45, 7) is 1.79. The SMILES string of the molecule is CC(c1cn[nH]c1)n1nc(CC(=O)O)c(SCc2ccc(F)cc2)cc1=O. The summed E-state index contributed by atoms with van der Waals surface area (Å²) in [6.07, 6.45) is 2.95. The van der Waals surface area contributed by atoms with E-state index >= 15 is 0 Å². The molecule has 7 nitrogen and oxygen atoms in total. The van der Waals surface area contributed by atoms with Crippen molar-refractivity contribution in [2.75, 3.05) is 0 Å². The lowest BCUT2D eigenvalue weighted by atomic mass is 10.2. The van der Waals surface area contributed by atoms with E-state index in [1.165, 1.54) is 34.6 Å². The molecule has 1 aromatic carbocycles. The zero-order chi connectivity index (χ0) is 19.4. The lowest BCUT2D eigenvalue weighted by Gasteiger charge is -2.15. The number of aromatic nitrogens is 4. The molecule has 0 aliphatic rings. The largest absolute Gasteiger partial charge is 0.481 e. The lowest BCUT2D eigenvalue weighted by molar-refractivity contribution is -0.136.